The van der Waals surface area contributed by atoms with Gasteiger partial charge in [-0.15, -0.1) is 0 Å². The summed E-state index contributed by atoms with van der Waals surface area (Å²) >= 11 is 0. The van der Waals surface area contributed by atoms with Gasteiger partial charge < -0.3 is 0 Å². The fraction of sp³-hybridized carbons (Fsp3) is 0.143. The molecule has 0 saturated carbocycles. The number of rotatable bonds is 4. The summed E-state index contributed by atoms with van der Waals surface area (Å²) in [5, 5.41) is 10.9. The second kappa shape index (κ2) is 5.53. The quantitative estimate of drug-likeness (QED) is 0.694. The van der Waals surface area contributed by atoms with Crippen LogP contribution < -0.4 is 4.72 Å². The molecular weight excluding hydrogens is 292 g/mol. The van der Waals surface area contributed by atoms with E-state index in [-0.39, 0.29) is 4.90 Å². The van der Waals surface area contributed by atoms with Crippen LogP contribution in [0.25, 0.3) is 0 Å². The minimum Gasteiger partial charge on any atom is -0.279 e. The fourth-order valence-electron chi connectivity index (χ4n) is 1.96. The van der Waals surface area contributed by atoms with E-state index in [0.717, 1.165) is 17.2 Å². The Morgan fingerprint density at radius 3 is 2.38 bits per heavy atom. The van der Waals surface area contributed by atoms with Crippen molar-refractivity contribution in [2.45, 2.75) is 18.7 Å². The average molecular weight is 306 g/mol. The van der Waals surface area contributed by atoms with Crippen molar-refractivity contribution < 1.29 is 13.3 Å². The zero-order valence-electron chi connectivity index (χ0n) is 11.5. The summed E-state index contributed by atoms with van der Waals surface area (Å²) in [4.78, 5) is 9.88. The van der Waals surface area contributed by atoms with Gasteiger partial charge in [0, 0.05) is 6.07 Å². The Bertz CT molecular complexity index is 800. The van der Waals surface area contributed by atoms with Crippen LogP contribution in [0.2, 0.25) is 0 Å². The molecule has 6 nitrogen and oxygen atoms in total. The number of sulfonamides is 1. The van der Waals surface area contributed by atoms with Gasteiger partial charge in [-0.25, -0.2) is 8.42 Å². The highest BCUT2D eigenvalue weighted by atomic mass is 32.2. The van der Waals surface area contributed by atoms with Gasteiger partial charge in [0.2, 0.25) is 0 Å². The maximum atomic E-state index is 12.3. The van der Waals surface area contributed by atoms with Gasteiger partial charge in [-0.05, 0) is 31.5 Å². The molecule has 2 rings (SSSR count). The Hall–Kier alpha value is -2.41. The van der Waals surface area contributed by atoms with Crippen molar-refractivity contribution >= 4 is 21.4 Å². The Morgan fingerprint density at radius 1 is 1.10 bits per heavy atom. The number of aryl methyl sites for hydroxylation is 2. The molecule has 2 aromatic carbocycles. The summed E-state index contributed by atoms with van der Waals surface area (Å²) in [6, 6.07) is 10.5. The molecule has 2 aromatic rings. The highest BCUT2D eigenvalue weighted by Gasteiger charge is 2.25. The summed E-state index contributed by atoms with van der Waals surface area (Å²) in [5.41, 5.74) is 1.70. The van der Waals surface area contributed by atoms with Crippen molar-refractivity contribution in [1.82, 2.24) is 0 Å². The third kappa shape index (κ3) is 3.19. The third-order valence-electron chi connectivity index (χ3n) is 2.98. The number of hydrogen-bond acceptors (Lipinski definition) is 4. The van der Waals surface area contributed by atoms with E-state index in [1.807, 2.05) is 13.0 Å². The van der Waals surface area contributed by atoms with Gasteiger partial charge in [-0.1, -0.05) is 29.8 Å². The molecule has 0 atom stereocenters. The summed E-state index contributed by atoms with van der Waals surface area (Å²) in [7, 11) is -4.02. The van der Waals surface area contributed by atoms with Crippen molar-refractivity contribution in [3.63, 3.8) is 0 Å². The Balaban J connectivity index is 2.46. The van der Waals surface area contributed by atoms with Gasteiger partial charge in [-0.3, -0.25) is 14.8 Å². The SMILES string of the molecule is Cc1ccc(NS(=O)(=O)c2ccccc2[N+](=O)[O-])c(C)c1. The topological polar surface area (TPSA) is 89.3 Å². The maximum Gasteiger partial charge on any atom is 0.289 e. The standard InChI is InChI=1S/C14H14N2O4S/c1-10-7-8-12(11(2)9-10)15-21(19,20)14-6-4-3-5-13(14)16(17)18/h3-9,15H,1-2H3. The lowest BCUT2D eigenvalue weighted by Gasteiger charge is -2.11. The Kier molecular flexibility index (Phi) is 3.95. The average Bonchev–Trinajstić information content (AvgIpc) is 2.42. The normalized spacial score (nSPS) is 11.1. The van der Waals surface area contributed by atoms with E-state index in [9.17, 15) is 18.5 Å². The zero-order valence-corrected chi connectivity index (χ0v) is 12.3. The van der Waals surface area contributed by atoms with Gasteiger partial charge in [0.25, 0.3) is 15.7 Å². The summed E-state index contributed by atoms with van der Waals surface area (Å²) < 4.78 is 27.1. The van der Waals surface area contributed by atoms with Gasteiger partial charge in [-0.2, -0.15) is 0 Å². The third-order valence-corrected chi connectivity index (χ3v) is 4.39. The van der Waals surface area contributed by atoms with Crippen LogP contribution in [0.3, 0.4) is 0 Å². The van der Waals surface area contributed by atoms with Crippen LogP contribution in [0.5, 0.6) is 0 Å². The Morgan fingerprint density at radius 2 is 1.76 bits per heavy atom. The monoisotopic (exact) mass is 306 g/mol. The summed E-state index contributed by atoms with van der Waals surface area (Å²) in [6.45, 7) is 3.66. The number of anilines is 1. The number of nitro benzene ring substituents is 1. The van der Waals surface area contributed by atoms with Crippen molar-refractivity contribution in [2.24, 2.45) is 0 Å². The van der Waals surface area contributed by atoms with E-state index in [2.05, 4.69) is 4.72 Å². The molecule has 0 bridgehead atoms. The molecule has 0 heterocycles. The van der Waals surface area contributed by atoms with Crippen LogP contribution in [0.1, 0.15) is 11.1 Å². The number of hydrogen-bond donors (Lipinski definition) is 1. The number of nitrogens with zero attached hydrogens (tertiary/aromatic N) is 1. The van der Waals surface area contributed by atoms with E-state index in [1.165, 1.54) is 18.2 Å². The van der Waals surface area contributed by atoms with Gasteiger partial charge >= 0.3 is 0 Å². The lowest BCUT2D eigenvalue weighted by atomic mass is 10.1. The molecule has 21 heavy (non-hydrogen) atoms. The molecule has 0 aromatic heterocycles. The van der Waals surface area contributed by atoms with Crippen LogP contribution in [0, 0.1) is 24.0 Å². The van der Waals surface area contributed by atoms with Crippen molar-refractivity contribution in [1.29, 1.82) is 0 Å². The minimum absolute atomic E-state index is 0.352. The second-order valence-electron chi connectivity index (χ2n) is 4.65. The molecule has 0 aliphatic rings. The van der Waals surface area contributed by atoms with Crippen LogP contribution in [-0.2, 0) is 10.0 Å². The van der Waals surface area contributed by atoms with Crippen molar-refractivity contribution in [2.75, 3.05) is 4.72 Å². The van der Waals surface area contributed by atoms with Crippen LogP contribution >= 0.6 is 0 Å². The first-order chi connectivity index (χ1) is 9.81. The van der Waals surface area contributed by atoms with E-state index in [4.69, 9.17) is 0 Å². The van der Waals surface area contributed by atoms with Crippen molar-refractivity contribution in [3.8, 4) is 0 Å². The molecule has 0 unspecified atom stereocenters. The van der Waals surface area contributed by atoms with E-state index in [0.29, 0.717) is 5.69 Å². The lowest BCUT2D eigenvalue weighted by molar-refractivity contribution is -0.387. The van der Waals surface area contributed by atoms with Gasteiger partial charge in [0.05, 0.1) is 10.6 Å². The van der Waals surface area contributed by atoms with Gasteiger partial charge in [0.15, 0.2) is 4.90 Å². The molecule has 0 amide bonds. The first-order valence-electron chi connectivity index (χ1n) is 6.15. The maximum absolute atomic E-state index is 12.3. The fourth-order valence-corrected chi connectivity index (χ4v) is 3.27. The van der Waals surface area contributed by atoms with E-state index < -0.39 is 20.6 Å². The molecule has 0 aliphatic carbocycles. The first kappa shape index (κ1) is 15.0. The predicted octanol–water partition coefficient (Wildman–Crippen LogP) is 3.01. The molecule has 0 spiro atoms. The largest absolute Gasteiger partial charge is 0.289 e. The van der Waals surface area contributed by atoms with E-state index in [1.54, 1.807) is 19.1 Å². The lowest BCUT2D eigenvalue weighted by Crippen LogP contribution is -2.15. The summed E-state index contributed by atoms with van der Waals surface area (Å²) in [5.74, 6) is 0. The molecule has 0 saturated heterocycles. The first-order valence-corrected chi connectivity index (χ1v) is 7.63. The molecule has 1 N–H and O–H groups in total. The molecule has 0 radical (unpaired) electrons. The van der Waals surface area contributed by atoms with Gasteiger partial charge in [0.1, 0.15) is 0 Å². The summed E-state index contributed by atoms with van der Waals surface area (Å²) in [6.07, 6.45) is 0. The molecular formula is C14H14N2O4S. The molecule has 110 valence electrons. The minimum atomic E-state index is -4.02. The zero-order chi connectivity index (χ0) is 15.6. The number of benzene rings is 2. The molecule has 0 aliphatic heterocycles. The smallest absolute Gasteiger partial charge is 0.279 e. The number of nitro groups is 1. The van der Waals surface area contributed by atoms with Crippen LogP contribution in [0.4, 0.5) is 11.4 Å². The predicted molar refractivity (Wildman–Crippen MR) is 79.8 cm³/mol. The number of nitrogens with one attached hydrogen (secondary N) is 1. The molecule has 0 fully saturated rings. The molecule has 7 heteroatoms. The van der Waals surface area contributed by atoms with Crippen molar-refractivity contribution in [3.05, 3.63) is 63.7 Å². The number of para-hydroxylation sites is 1. The second-order valence-corrected chi connectivity index (χ2v) is 6.30. The van der Waals surface area contributed by atoms with E-state index >= 15 is 0 Å². The van der Waals surface area contributed by atoms with Crippen LogP contribution in [-0.4, -0.2) is 13.3 Å². The van der Waals surface area contributed by atoms with Crippen LogP contribution in [0.15, 0.2) is 47.4 Å². The highest BCUT2D eigenvalue weighted by Crippen LogP contribution is 2.26. The highest BCUT2D eigenvalue weighted by molar-refractivity contribution is 7.92. The Labute approximate surface area is 122 Å².